The van der Waals surface area contributed by atoms with E-state index in [-0.39, 0.29) is 38.3 Å². The Hall–Kier alpha value is -2.53. The summed E-state index contributed by atoms with van der Waals surface area (Å²) in [6.07, 6.45) is 30.7. The fourth-order valence-corrected chi connectivity index (χ4v) is 7.18. The monoisotopic (exact) mass is 837 g/mol. The average Bonchev–Trinajstić information content (AvgIpc) is 3.86. The van der Waals surface area contributed by atoms with Crippen LogP contribution in [0.2, 0.25) is 0 Å². The van der Waals surface area contributed by atoms with Gasteiger partial charge in [-0.1, -0.05) is 88.8 Å². The number of unbranched alkanes of at least 4 members (excludes halogenated alkanes) is 8. The van der Waals surface area contributed by atoms with Crippen molar-refractivity contribution in [2.45, 2.75) is 174 Å². The van der Waals surface area contributed by atoms with E-state index in [1.54, 1.807) is 0 Å². The standard InChI is InChI=1S/C46H78NO10P/c1-8-10-11-12-13-14-15-16-17-18-22-25-30-43-44(57-43)31-27-33-45(48)52-36-40(37-54-58(50,51)53-35-34-47(5,6)7)55-46(49)32-26-23-20-19-21-24-29-42-39(4)38(3)41(56-42)28-9-2/h13-14,16-17,22,25,40,43-44H,8-12,15,18-21,23-24,26-37H2,1-7H3/p+1/b14-13-,17-16-,25-22-/t40-,43?,44?/m1/s1. The molecule has 3 unspecified atom stereocenters. The van der Waals surface area contributed by atoms with E-state index >= 15 is 0 Å². The van der Waals surface area contributed by atoms with Gasteiger partial charge in [0, 0.05) is 25.7 Å². The van der Waals surface area contributed by atoms with E-state index in [9.17, 15) is 19.0 Å². The highest BCUT2D eigenvalue weighted by molar-refractivity contribution is 7.47. The summed E-state index contributed by atoms with van der Waals surface area (Å²) in [4.78, 5) is 35.6. The number of carbonyl (C=O) groups excluding carboxylic acids is 2. The van der Waals surface area contributed by atoms with Crippen LogP contribution >= 0.6 is 7.82 Å². The molecule has 0 aromatic carbocycles. The average molecular weight is 837 g/mol. The zero-order chi connectivity index (χ0) is 42.7. The van der Waals surface area contributed by atoms with E-state index in [1.807, 2.05) is 21.1 Å². The van der Waals surface area contributed by atoms with E-state index in [0.717, 1.165) is 88.6 Å². The molecular weight excluding hydrogens is 757 g/mol. The molecule has 0 bridgehead atoms. The van der Waals surface area contributed by atoms with Gasteiger partial charge in [-0.05, 0) is 89.2 Å². The lowest BCUT2D eigenvalue weighted by molar-refractivity contribution is -0.870. The molecule has 1 saturated heterocycles. The van der Waals surface area contributed by atoms with Crippen molar-refractivity contribution >= 4 is 19.8 Å². The number of esters is 2. The molecule has 1 aliphatic heterocycles. The van der Waals surface area contributed by atoms with Crippen molar-refractivity contribution in [1.29, 1.82) is 0 Å². The maximum absolute atomic E-state index is 12.8. The third-order valence-corrected chi connectivity index (χ3v) is 11.3. The van der Waals surface area contributed by atoms with Crippen LogP contribution in [0.25, 0.3) is 0 Å². The zero-order valence-electron chi connectivity index (χ0n) is 37.2. The van der Waals surface area contributed by atoms with E-state index in [2.05, 4.69) is 64.2 Å². The summed E-state index contributed by atoms with van der Waals surface area (Å²) in [7, 11) is 1.40. The van der Waals surface area contributed by atoms with E-state index < -0.39 is 32.5 Å². The first-order valence-electron chi connectivity index (χ1n) is 22.2. The number of hydrogen-bond donors (Lipinski definition) is 1. The summed E-state index contributed by atoms with van der Waals surface area (Å²) in [5, 5.41) is 0. The molecule has 4 atom stereocenters. The van der Waals surface area contributed by atoms with Crippen LogP contribution in [0.1, 0.15) is 152 Å². The van der Waals surface area contributed by atoms with Crippen molar-refractivity contribution in [1.82, 2.24) is 0 Å². The first-order valence-corrected chi connectivity index (χ1v) is 23.7. The van der Waals surface area contributed by atoms with Crippen LogP contribution in [-0.4, -0.2) is 87.1 Å². The first-order chi connectivity index (χ1) is 27.7. The largest absolute Gasteiger partial charge is 0.472 e. The number of carbonyl (C=O) groups is 2. The van der Waals surface area contributed by atoms with Crippen molar-refractivity contribution in [2.24, 2.45) is 0 Å². The number of rotatable bonds is 35. The first kappa shape index (κ1) is 51.6. The van der Waals surface area contributed by atoms with Crippen LogP contribution in [0.15, 0.2) is 40.9 Å². The molecule has 0 aliphatic carbocycles. The lowest BCUT2D eigenvalue weighted by atomic mass is 10.0. The summed E-state index contributed by atoms with van der Waals surface area (Å²) in [5.41, 5.74) is 2.56. The van der Waals surface area contributed by atoms with Gasteiger partial charge < -0.3 is 28.0 Å². The summed E-state index contributed by atoms with van der Waals surface area (Å²) in [5.74, 6) is 1.32. The molecule has 0 spiro atoms. The number of aryl methyl sites for hydroxylation is 2. The van der Waals surface area contributed by atoms with Gasteiger partial charge in [-0.15, -0.1) is 0 Å². The van der Waals surface area contributed by atoms with E-state index in [1.165, 1.54) is 36.8 Å². The molecule has 1 N–H and O–H groups in total. The smallest absolute Gasteiger partial charge is 0.466 e. The maximum Gasteiger partial charge on any atom is 0.472 e. The Morgan fingerprint density at radius 2 is 1.38 bits per heavy atom. The second-order valence-corrected chi connectivity index (χ2v) is 18.2. The van der Waals surface area contributed by atoms with Crippen LogP contribution in [-0.2, 0) is 50.3 Å². The second-order valence-electron chi connectivity index (χ2n) is 16.7. The van der Waals surface area contributed by atoms with Gasteiger partial charge in [0.2, 0.25) is 0 Å². The number of phosphoric ester groups is 1. The van der Waals surface area contributed by atoms with Crippen LogP contribution in [0.5, 0.6) is 0 Å². The number of furan rings is 1. The van der Waals surface area contributed by atoms with Gasteiger partial charge in [-0.2, -0.15) is 0 Å². The molecule has 12 heteroatoms. The normalized spacial score (nSPS) is 17.4. The summed E-state index contributed by atoms with van der Waals surface area (Å²) in [6.45, 7) is 8.46. The summed E-state index contributed by atoms with van der Waals surface area (Å²) < 4.78 is 46.3. The van der Waals surface area contributed by atoms with Gasteiger partial charge in [0.1, 0.15) is 31.3 Å². The molecule has 1 fully saturated rings. The number of allylic oxidation sites excluding steroid dienone is 5. The lowest BCUT2D eigenvalue weighted by Gasteiger charge is -2.24. The number of phosphoric acid groups is 1. The third kappa shape index (κ3) is 25.2. The van der Waals surface area contributed by atoms with Gasteiger partial charge in [0.05, 0.1) is 40.0 Å². The topological polar surface area (TPSA) is 134 Å². The molecule has 332 valence electrons. The van der Waals surface area contributed by atoms with Gasteiger partial charge in [0.15, 0.2) is 6.10 Å². The SMILES string of the molecule is CCCCC/C=C\C/C=C\C/C=C\CC1OC1CCCC(=O)OC[C@H](COP(=O)(O)OCC[N+](C)(C)C)OC(=O)CCCCCCCCc1oc(CCC)c(C)c1C. The maximum atomic E-state index is 12.8. The quantitative estimate of drug-likeness (QED) is 0.0176. The minimum absolute atomic E-state index is 0.00925. The minimum Gasteiger partial charge on any atom is -0.466 e. The van der Waals surface area contributed by atoms with Crippen molar-refractivity contribution in [3.8, 4) is 0 Å². The minimum atomic E-state index is -4.41. The fraction of sp³-hybridized carbons (Fsp3) is 0.739. The van der Waals surface area contributed by atoms with Crippen molar-refractivity contribution < 1.29 is 51.2 Å². The van der Waals surface area contributed by atoms with Crippen molar-refractivity contribution in [3.05, 3.63) is 59.1 Å². The number of quaternary nitrogens is 1. The summed E-state index contributed by atoms with van der Waals surface area (Å²) in [6, 6.07) is 0. The lowest BCUT2D eigenvalue weighted by Crippen LogP contribution is -2.37. The Bertz CT molecular complexity index is 1430. The molecule has 2 rings (SSSR count). The Labute approximate surface area is 351 Å². The highest BCUT2D eigenvalue weighted by atomic mass is 31.2. The van der Waals surface area contributed by atoms with Gasteiger partial charge >= 0.3 is 19.8 Å². The van der Waals surface area contributed by atoms with Crippen LogP contribution < -0.4 is 0 Å². The van der Waals surface area contributed by atoms with Gasteiger partial charge in [-0.3, -0.25) is 18.6 Å². The Morgan fingerprint density at radius 3 is 2.07 bits per heavy atom. The molecule has 11 nitrogen and oxygen atoms in total. The Balaban J connectivity index is 1.68. The van der Waals surface area contributed by atoms with Crippen LogP contribution in [0.4, 0.5) is 0 Å². The molecule has 0 amide bonds. The molecule has 2 heterocycles. The molecule has 0 radical (unpaired) electrons. The highest BCUT2D eigenvalue weighted by Gasteiger charge is 2.36. The predicted octanol–water partition coefficient (Wildman–Crippen LogP) is 10.8. The zero-order valence-corrected chi connectivity index (χ0v) is 38.1. The Kier molecular flexibility index (Phi) is 26.4. The van der Waals surface area contributed by atoms with Gasteiger partial charge in [-0.25, -0.2) is 4.57 Å². The summed E-state index contributed by atoms with van der Waals surface area (Å²) >= 11 is 0. The molecule has 1 aliphatic rings. The van der Waals surface area contributed by atoms with E-state index in [4.69, 9.17) is 27.7 Å². The Morgan fingerprint density at radius 1 is 0.741 bits per heavy atom. The van der Waals surface area contributed by atoms with E-state index in [0.29, 0.717) is 23.9 Å². The molecule has 58 heavy (non-hydrogen) atoms. The molecular formula is C46H79NO10P+. The number of hydrogen-bond acceptors (Lipinski definition) is 9. The third-order valence-electron chi connectivity index (χ3n) is 10.3. The van der Waals surface area contributed by atoms with Crippen LogP contribution in [0, 0.1) is 13.8 Å². The number of nitrogens with zero attached hydrogens (tertiary/aromatic N) is 1. The second kappa shape index (κ2) is 29.7. The number of epoxide rings is 1. The molecule has 0 saturated carbocycles. The fourth-order valence-electron chi connectivity index (χ4n) is 6.44. The predicted molar refractivity (Wildman–Crippen MR) is 232 cm³/mol. The molecule has 1 aromatic heterocycles. The van der Waals surface area contributed by atoms with Gasteiger partial charge in [0.25, 0.3) is 0 Å². The number of likely N-dealkylation sites (N-methyl/N-ethyl adjacent to an activating group) is 1. The van der Waals surface area contributed by atoms with Crippen molar-refractivity contribution in [3.63, 3.8) is 0 Å². The highest BCUT2D eigenvalue weighted by Crippen LogP contribution is 2.43. The van der Waals surface area contributed by atoms with Crippen LogP contribution in [0.3, 0.4) is 0 Å². The molecule has 1 aromatic rings. The number of ether oxygens (including phenoxy) is 3. The van der Waals surface area contributed by atoms with Crippen molar-refractivity contribution in [2.75, 3.05) is 47.5 Å².